The van der Waals surface area contributed by atoms with Crippen molar-refractivity contribution in [3.63, 3.8) is 0 Å². The van der Waals surface area contributed by atoms with Crippen molar-refractivity contribution < 1.29 is 19.1 Å². The topological polar surface area (TPSA) is 77.0 Å². The smallest absolute Gasteiger partial charge is 0.302 e. The number of aliphatic imine (C=N–C) groups is 1. The number of anilines is 1. The Morgan fingerprint density at radius 3 is 2.64 bits per heavy atom. The van der Waals surface area contributed by atoms with Crippen molar-refractivity contribution in [1.82, 2.24) is 0 Å². The largest absolute Gasteiger partial charge is 0.468 e. The second-order valence-electron chi connectivity index (χ2n) is 5.55. The number of rotatable bonds is 5. The highest BCUT2D eigenvalue weighted by Gasteiger charge is 2.24. The average Bonchev–Trinajstić information content (AvgIpc) is 3.10. The Morgan fingerprint density at radius 1 is 1.16 bits per heavy atom. The SMILES string of the molecule is CC(=O)OCC1CN=C(c2ccccc2NC(=O)c2ccccc2)O1. The minimum absolute atomic E-state index is 0.154. The summed E-state index contributed by atoms with van der Waals surface area (Å²) in [6.45, 7) is 1.91. The molecule has 1 atom stereocenters. The van der Waals surface area contributed by atoms with Crippen molar-refractivity contribution in [2.24, 2.45) is 4.99 Å². The van der Waals surface area contributed by atoms with E-state index in [9.17, 15) is 9.59 Å². The van der Waals surface area contributed by atoms with Crippen LogP contribution in [0.25, 0.3) is 0 Å². The molecule has 0 fully saturated rings. The van der Waals surface area contributed by atoms with Crippen LogP contribution in [0.2, 0.25) is 0 Å². The number of benzene rings is 2. The zero-order valence-electron chi connectivity index (χ0n) is 13.8. The third-order valence-electron chi connectivity index (χ3n) is 3.63. The van der Waals surface area contributed by atoms with Crippen LogP contribution in [0.15, 0.2) is 59.6 Å². The molecule has 0 aromatic heterocycles. The van der Waals surface area contributed by atoms with E-state index in [1.165, 1.54) is 6.92 Å². The van der Waals surface area contributed by atoms with Gasteiger partial charge in [-0.2, -0.15) is 0 Å². The molecule has 128 valence electrons. The van der Waals surface area contributed by atoms with Gasteiger partial charge in [0.2, 0.25) is 5.90 Å². The number of amides is 1. The number of nitrogens with zero attached hydrogens (tertiary/aromatic N) is 1. The Bertz CT molecular complexity index is 802. The van der Waals surface area contributed by atoms with Gasteiger partial charge in [0.1, 0.15) is 6.61 Å². The van der Waals surface area contributed by atoms with Gasteiger partial charge in [-0.05, 0) is 24.3 Å². The van der Waals surface area contributed by atoms with Crippen molar-refractivity contribution in [2.45, 2.75) is 13.0 Å². The summed E-state index contributed by atoms with van der Waals surface area (Å²) in [7, 11) is 0. The highest BCUT2D eigenvalue weighted by atomic mass is 16.6. The van der Waals surface area contributed by atoms with Crippen molar-refractivity contribution in [2.75, 3.05) is 18.5 Å². The van der Waals surface area contributed by atoms with E-state index in [-0.39, 0.29) is 24.6 Å². The van der Waals surface area contributed by atoms with Gasteiger partial charge in [0.25, 0.3) is 5.91 Å². The summed E-state index contributed by atoms with van der Waals surface area (Å²) in [5, 5.41) is 2.88. The second kappa shape index (κ2) is 7.61. The normalized spacial score (nSPS) is 15.9. The molecule has 2 aromatic carbocycles. The molecule has 2 aromatic rings. The molecule has 0 spiro atoms. The summed E-state index contributed by atoms with van der Waals surface area (Å²) in [6, 6.07) is 16.3. The minimum atomic E-state index is -0.354. The molecular formula is C19H18N2O4. The van der Waals surface area contributed by atoms with Crippen molar-refractivity contribution >= 4 is 23.5 Å². The van der Waals surface area contributed by atoms with E-state index in [1.54, 1.807) is 18.2 Å². The van der Waals surface area contributed by atoms with E-state index in [1.807, 2.05) is 36.4 Å². The second-order valence-corrected chi connectivity index (χ2v) is 5.55. The van der Waals surface area contributed by atoms with Crippen LogP contribution < -0.4 is 5.32 Å². The number of nitrogens with one attached hydrogen (secondary N) is 1. The maximum Gasteiger partial charge on any atom is 0.302 e. The lowest BCUT2D eigenvalue weighted by molar-refractivity contribution is -0.143. The molecule has 1 N–H and O–H groups in total. The Morgan fingerprint density at radius 2 is 1.88 bits per heavy atom. The van der Waals surface area contributed by atoms with Crippen molar-refractivity contribution in [1.29, 1.82) is 0 Å². The van der Waals surface area contributed by atoms with Crippen LogP contribution in [0.3, 0.4) is 0 Å². The number of para-hydroxylation sites is 1. The lowest BCUT2D eigenvalue weighted by Crippen LogP contribution is -2.22. The highest BCUT2D eigenvalue weighted by molar-refractivity contribution is 6.09. The fourth-order valence-electron chi connectivity index (χ4n) is 2.43. The van der Waals surface area contributed by atoms with E-state index < -0.39 is 0 Å². The maximum atomic E-state index is 12.4. The fraction of sp³-hybridized carbons (Fsp3) is 0.211. The van der Waals surface area contributed by atoms with Gasteiger partial charge in [0, 0.05) is 12.5 Å². The third-order valence-corrected chi connectivity index (χ3v) is 3.63. The van der Waals surface area contributed by atoms with Gasteiger partial charge >= 0.3 is 5.97 Å². The van der Waals surface area contributed by atoms with Gasteiger partial charge in [0.15, 0.2) is 6.10 Å². The van der Waals surface area contributed by atoms with Gasteiger partial charge in [-0.1, -0.05) is 30.3 Å². The molecule has 0 bridgehead atoms. The summed E-state index contributed by atoms with van der Waals surface area (Å²) >= 11 is 0. The van der Waals surface area contributed by atoms with E-state index >= 15 is 0 Å². The van der Waals surface area contributed by atoms with E-state index in [0.29, 0.717) is 29.3 Å². The van der Waals surface area contributed by atoms with Crippen LogP contribution >= 0.6 is 0 Å². The first-order valence-electron chi connectivity index (χ1n) is 7.94. The van der Waals surface area contributed by atoms with Gasteiger partial charge in [-0.3, -0.25) is 9.59 Å². The Labute approximate surface area is 145 Å². The third kappa shape index (κ3) is 4.23. The predicted molar refractivity (Wildman–Crippen MR) is 93.7 cm³/mol. The van der Waals surface area contributed by atoms with Crippen molar-refractivity contribution in [3.8, 4) is 0 Å². The van der Waals surface area contributed by atoms with Crippen LogP contribution in [0, 0.1) is 0 Å². The first kappa shape index (κ1) is 16.7. The maximum absolute atomic E-state index is 12.4. The van der Waals surface area contributed by atoms with Gasteiger partial charge in [0.05, 0.1) is 17.8 Å². The molecule has 0 aliphatic carbocycles. The van der Waals surface area contributed by atoms with Crippen molar-refractivity contribution in [3.05, 3.63) is 65.7 Å². The van der Waals surface area contributed by atoms with Crippen LogP contribution in [0.4, 0.5) is 5.69 Å². The summed E-state index contributed by atoms with van der Waals surface area (Å²) in [5.41, 5.74) is 1.87. The lowest BCUT2D eigenvalue weighted by atomic mass is 10.1. The standard InChI is InChI=1S/C19H18N2O4/c1-13(22)24-12-15-11-20-19(25-15)16-9-5-6-10-17(16)21-18(23)14-7-3-2-4-8-14/h2-10,15H,11-12H2,1H3,(H,21,23). The molecule has 6 heteroatoms. The van der Waals surface area contributed by atoms with E-state index in [0.717, 1.165) is 0 Å². The summed E-state index contributed by atoms with van der Waals surface area (Å²) in [4.78, 5) is 27.6. The number of carbonyl (C=O) groups excluding carboxylic acids is 2. The summed E-state index contributed by atoms with van der Waals surface area (Å²) in [6.07, 6.45) is -0.309. The molecule has 0 saturated carbocycles. The molecule has 1 unspecified atom stereocenters. The first-order valence-corrected chi connectivity index (χ1v) is 7.94. The number of ether oxygens (including phenoxy) is 2. The number of carbonyl (C=O) groups is 2. The fourth-order valence-corrected chi connectivity index (χ4v) is 2.43. The molecular weight excluding hydrogens is 320 g/mol. The molecule has 6 nitrogen and oxygen atoms in total. The number of hydrogen-bond acceptors (Lipinski definition) is 5. The van der Waals surface area contributed by atoms with Crippen LogP contribution in [-0.4, -0.2) is 37.0 Å². The highest BCUT2D eigenvalue weighted by Crippen LogP contribution is 2.21. The van der Waals surface area contributed by atoms with Crippen LogP contribution in [0.5, 0.6) is 0 Å². The molecule has 0 radical (unpaired) electrons. The quantitative estimate of drug-likeness (QED) is 0.850. The predicted octanol–water partition coefficient (Wildman–Crippen LogP) is 2.65. The van der Waals surface area contributed by atoms with Crippen LogP contribution in [0.1, 0.15) is 22.8 Å². The molecule has 25 heavy (non-hydrogen) atoms. The molecule has 1 aliphatic heterocycles. The molecule has 3 rings (SSSR count). The molecule has 1 heterocycles. The van der Waals surface area contributed by atoms with Gasteiger partial charge < -0.3 is 14.8 Å². The Balaban J connectivity index is 1.72. The molecule has 1 amide bonds. The minimum Gasteiger partial charge on any atom is -0.468 e. The monoisotopic (exact) mass is 338 g/mol. The van der Waals surface area contributed by atoms with Gasteiger partial charge in [-0.15, -0.1) is 0 Å². The number of esters is 1. The zero-order valence-corrected chi connectivity index (χ0v) is 13.8. The average molecular weight is 338 g/mol. The van der Waals surface area contributed by atoms with Gasteiger partial charge in [-0.25, -0.2) is 4.99 Å². The summed E-state index contributed by atoms with van der Waals surface area (Å²) in [5.74, 6) is -0.128. The number of hydrogen-bond donors (Lipinski definition) is 1. The lowest BCUT2D eigenvalue weighted by Gasteiger charge is -2.14. The Kier molecular flexibility index (Phi) is 5.09. The molecule has 1 aliphatic rings. The zero-order chi connectivity index (χ0) is 17.6. The Hall–Kier alpha value is -3.15. The van der Waals surface area contributed by atoms with Crippen LogP contribution in [-0.2, 0) is 14.3 Å². The van der Waals surface area contributed by atoms with E-state index in [4.69, 9.17) is 9.47 Å². The summed E-state index contributed by atoms with van der Waals surface area (Å²) < 4.78 is 10.7. The molecule has 0 saturated heterocycles. The first-order chi connectivity index (χ1) is 12.1. The van der Waals surface area contributed by atoms with E-state index in [2.05, 4.69) is 10.3 Å².